The van der Waals surface area contributed by atoms with Gasteiger partial charge in [-0.1, -0.05) is 156 Å². The van der Waals surface area contributed by atoms with Crippen LogP contribution in [0.25, 0.3) is 66.1 Å². The molecule has 1 aliphatic heterocycles. The van der Waals surface area contributed by atoms with Crippen molar-refractivity contribution in [3.05, 3.63) is 216 Å². The summed E-state index contributed by atoms with van der Waals surface area (Å²) in [5.41, 5.74) is 19.0. The molecule has 2 aromatic heterocycles. The minimum absolute atomic E-state index is 0.00781. The molecular weight excluding hydrogens is 848 g/mol. The van der Waals surface area contributed by atoms with E-state index in [1.807, 2.05) is 0 Å². The number of hydrogen-bond donors (Lipinski definition) is 0. The van der Waals surface area contributed by atoms with Gasteiger partial charge in [-0.15, -0.1) is 0 Å². The molecule has 0 saturated heterocycles. The Morgan fingerprint density at radius 3 is 1.68 bits per heavy atom. The van der Waals surface area contributed by atoms with E-state index in [-0.39, 0.29) is 10.8 Å². The van der Waals surface area contributed by atoms with Gasteiger partial charge in [-0.3, -0.25) is 0 Å². The summed E-state index contributed by atoms with van der Waals surface area (Å²) in [6.45, 7) is 16.0. The lowest BCUT2D eigenvalue weighted by atomic mass is 9.85. The highest BCUT2D eigenvalue weighted by Gasteiger charge is 2.31. The van der Waals surface area contributed by atoms with E-state index in [2.05, 4.69) is 262 Å². The maximum Gasteiger partial charge on any atom is 0.0887 e. The van der Waals surface area contributed by atoms with Gasteiger partial charge in [0.15, 0.2) is 0 Å². The zero-order valence-electron chi connectivity index (χ0n) is 39.6. The predicted octanol–water partition coefficient (Wildman–Crippen LogP) is 18.4. The van der Waals surface area contributed by atoms with Crippen LogP contribution in [0.2, 0.25) is 5.02 Å². The quantitative estimate of drug-likeness (QED) is 0.165. The third-order valence-electron chi connectivity index (χ3n) is 14.0. The molecule has 332 valence electrons. The molecule has 0 amide bonds. The summed E-state index contributed by atoms with van der Waals surface area (Å²) in [7, 11) is 0. The lowest BCUT2D eigenvalue weighted by molar-refractivity contribution is 0.590. The molecule has 0 unspecified atom stereocenters. The Bertz CT molecular complexity index is 3710. The van der Waals surface area contributed by atoms with Crippen LogP contribution in [0.4, 0.5) is 34.1 Å². The van der Waals surface area contributed by atoms with Gasteiger partial charge < -0.3 is 18.9 Å². The van der Waals surface area contributed by atoms with Crippen molar-refractivity contribution < 1.29 is 0 Å². The van der Waals surface area contributed by atoms with Gasteiger partial charge in [0, 0.05) is 38.6 Å². The topological polar surface area (TPSA) is 16.3 Å². The number of halogens is 1. The SMILES string of the molecule is Cc1cc(N(c2ccc(-c3ccccc3)cc2)c2cccc(-n3c4ccc(C(C)(C)C)cc4c4cc(C(C)(C)C)ccc43)c2)c(Cl)c(N2c3ccccc3-n3c4ccccc4c4cccc2c43)c1. The minimum Gasteiger partial charge on any atom is -0.309 e. The zero-order valence-corrected chi connectivity index (χ0v) is 40.4. The zero-order chi connectivity index (χ0) is 46.6. The number of para-hydroxylation sites is 4. The second-order valence-electron chi connectivity index (χ2n) is 20.5. The summed E-state index contributed by atoms with van der Waals surface area (Å²) >= 11 is 8.05. The second-order valence-corrected chi connectivity index (χ2v) is 20.9. The lowest BCUT2D eigenvalue weighted by Crippen LogP contribution is -2.19. The molecular formula is C63H53ClN4. The fourth-order valence-corrected chi connectivity index (χ4v) is 10.9. The molecule has 4 nitrogen and oxygen atoms in total. The molecule has 0 saturated carbocycles. The Balaban J connectivity index is 1.08. The van der Waals surface area contributed by atoms with Crippen molar-refractivity contribution in [1.82, 2.24) is 9.13 Å². The number of nitrogens with zero attached hydrogens (tertiary/aromatic N) is 4. The molecule has 0 radical (unpaired) electrons. The monoisotopic (exact) mass is 900 g/mol. The van der Waals surface area contributed by atoms with E-state index < -0.39 is 0 Å². The standard InChI is InChI=1S/C63H53ClN4/c1-40-35-58(60(64)59(36-40)67-55-24-13-14-25-56(55)68-52-23-12-11-21-48(52)49-22-16-26-57(67)61(49)68)65(45-31-27-42(28-32-45)41-17-9-8-10-18-41)46-19-15-20-47(39-46)66-53-33-29-43(62(2,3)4)37-50(53)51-38-44(63(5,6)7)30-34-54(51)66/h8-39H,1-7H3. The molecule has 9 aromatic carbocycles. The van der Waals surface area contributed by atoms with Crippen molar-refractivity contribution >= 4 is 89.3 Å². The van der Waals surface area contributed by atoms with Crippen LogP contribution >= 0.6 is 11.6 Å². The summed E-state index contributed by atoms with van der Waals surface area (Å²) in [5.74, 6) is 0. The molecule has 5 heteroatoms. The van der Waals surface area contributed by atoms with Crippen molar-refractivity contribution in [2.24, 2.45) is 0 Å². The molecule has 11 aromatic rings. The molecule has 0 atom stereocenters. The first kappa shape index (κ1) is 41.9. The molecule has 68 heavy (non-hydrogen) atoms. The van der Waals surface area contributed by atoms with Crippen LogP contribution in [0.15, 0.2) is 194 Å². The first-order valence-electron chi connectivity index (χ1n) is 23.7. The maximum absolute atomic E-state index is 8.05. The molecule has 0 bridgehead atoms. The van der Waals surface area contributed by atoms with Crippen LogP contribution in [0.3, 0.4) is 0 Å². The van der Waals surface area contributed by atoms with Crippen LogP contribution in [0, 0.1) is 6.92 Å². The van der Waals surface area contributed by atoms with Crippen LogP contribution in [-0.4, -0.2) is 9.13 Å². The van der Waals surface area contributed by atoms with E-state index in [0.717, 1.165) is 56.6 Å². The lowest BCUT2D eigenvalue weighted by Gasteiger charge is -2.35. The van der Waals surface area contributed by atoms with Crippen LogP contribution in [0.1, 0.15) is 58.2 Å². The van der Waals surface area contributed by atoms with Gasteiger partial charge in [0.25, 0.3) is 0 Å². The highest BCUT2D eigenvalue weighted by molar-refractivity contribution is 6.37. The second kappa shape index (κ2) is 15.5. The number of anilines is 6. The smallest absolute Gasteiger partial charge is 0.0887 e. The maximum atomic E-state index is 8.05. The Hall–Kier alpha value is -7.53. The van der Waals surface area contributed by atoms with Gasteiger partial charge in [-0.25, -0.2) is 0 Å². The van der Waals surface area contributed by atoms with Crippen LogP contribution in [-0.2, 0) is 10.8 Å². The van der Waals surface area contributed by atoms with E-state index in [1.54, 1.807) is 0 Å². The molecule has 0 aliphatic carbocycles. The number of rotatable bonds is 6. The van der Waals surface area contributed by atoms with Gasteiger partial charge in [0.05, 0.1) is 55.5 Å². The highest BCUT2D eigenvalue weighted by Crippen LogP contribution is 2.54. The van der Waals surface area contributed by atoms with Crippen molar-refractivity contribution in [1.29, 1.82) is 0 Å². The molecule has 0 fully saturated rings. The average Bonchev–Trinajstić information content (AvgIpc) is 3.86. The van der Waals surface area contributed by atoms with Gasteiger partial charge in [0.2, 0.25) is 0 Å². The molecule has 0 N–H and O–H groups in total. The van der Waals surface area contributed by atoms with E-state index in [4.69, 9.17) is 11.6 Å². The van der Waals surface area contributed by atoms with Crippen molar-refractivity contribution in [3.8, 4) is 22.5 Å². The van der Waals surface area contributed by atoms with E-state index in [1.165, 1.54) is 60.3 Å². The third kappa shape index (κ3) is 6.65. The van der Waals surface area contributed by atoms with Gasteiger partial charge >= 0.3 is 0 Å². The Kier molecular flexibility index (Phi) is 9.55. The summed E-state index contributed by atoms with van der Waals surface area (Å²) in [6.07, 6.45) is 0. The fourth-order valence-electron chi connectivity index (χ4n) is 10.6. The Morgan fingerprint density at radius 2 is 0.985 bits per heavy atom. The first-order valence-corrected chi connectivity index (χ1v) is 24.1. The van der Waals surface area contributed by atoms with Crippen LogP contribution < -0.4 is 9.80 Å². The Labute approximate surface area is 403 Å². The van der Waals surface area contributed by atoms with Crippen molar-refractivity contribution in [3.63, 3.8) is 0 Å². The van der Waals surface area contributed by atoms with Gasteiger partial charge in [-0.2, -0.15) is 0 Å². The number of fused-ring (bicyclic) bond motifs is 8. The number of aromatic nitrogens is 2. The fraction of sp³-hybridized carbons (Fsp3) is 0.143. The summed E-state index contributed by atoms with van der Waals surface area (Å²) in [6, 6.07) is 71.1. The first-order chi connectivity index (χ1) is 32.8. The molecule has 3 heterocycles. The number of benzene rings is 9. The van der Waals surface area contributed by atoms with E-state index in [9.17, 15) is 0 Å². The average molecular weight is 902 g/mol. The van der Waals surface area contributed by atoms with E-state index in [0.29, 0.717) is 5.02 Å². The van der Waals surface area contributed by atoms with Crippen LogP contribution in [0.5, 0.6) is 0 Å². The normalized spacial score (nSPS) is 12.7. The highest BCUT2D eigenvalue weighted by atomic mass is 35.5. The predicted molar refractivity (Wildman–Crippen MR) is 291 cm³/mol. The molecule has 1 aliphatic rings. The minimum atomic E-state index is 0.00781. The van der Waals surface area contributed by atoms with Crippen molar-refractivity contribution in [2.45, 2.75) is 59.3 Å². The number of aryl methyl sites for hydroxylation is 1. The summed E-state index contributed by atoms with van der Waals surface area (Å²) < 4.78 is 4.86. The molecule has 12 rings (SSSR count). The summed E-state index contributed by atoms with van der Waals surface area (Å²) in [5, 5.41) is 5.63. The largest absolute Gasteiger partial charge is 0.309 e. The van der Waals surface area contributed by atoms with Crippen molar-refractivity contribution in [2.75, 3.05) is 9.80 Å². The van der Waals surface area contributed by atoms with Gasteiger partial charge in [0.1, 0.15) is 0 Å². The molecule has 0 spiro atoms. The Morgan fingerprint density at radius 1 is 0.412 bits per heavy atom. The number of hydrogen-bond acceptors (Lipinski definition) is 2. The van der Waals surface area contributed by atoms with Gasteiger partial charge in [-0.05, 0) is 137 Å². The van der Waals surface area contributed by atoms with E-state index >= 15 is 0 Å². The summed E-state index contributed by atoms with van der Waals surface area (Å²) in [4.78, 5) is 4.71. The third-order valence-corrected chi connectivity index (χ3v) is 14.4.